The molecule has 6 heteroatoms. The first kappa shape index (κ1) is 22.9. The van der Waals surface area contributed by atoms with Crippen molar-refractivity contribution in [2.75, 3.05) is 4.90 Å². The Morgan fingerprint density at radius 1 is 0.703 bits per heavy atom. The van der Waals surface area contributed by atoms with Crippen molar-refractivity contribution in [3.63, 3.8) is 0 Å². The Balaban J connectivity index is 1.53. The first-order chi connectivity index (χ1) is 18.2. The van der Waals surface area contributed by atoms with Gasteiger partial charge in [0.1, 0.15) is 17.4 Å². The van der Waals surface area contributed by atoms with Gasteiger partial charge in [-0.3, -0.25) is 4.79 Å². The number of amidine groups is 1. The molecule has 1 aromatic heterocycles. The Morgan fingerprint density at radius 3 is 1.95 bits per heavy atom. The topological polar surface area (TPSA) is 50.5 Å². The number of nitrogens with zero attached hydrogens (tertiary/aromatic N) is 4. The fourth-order valence-electron chi connectivity index (χ4n) is 4.27. The zero-order valence-electron chi connectivity index (χ0n) is 19.7. The number of benzene rings is 4. The third-order valence-electron chi connectivity index (χ3n) is 6.06. The highest BCUT2D eigenvalue weighted by atomic mass is 79.9. The molecule has 4 aromatic carbocycles. The largest absolute Gasteiger partial charge is 0.283 e. The second kappa shape index (κ2) is 9.84. The van der Waals surface area contributed by atoms with Crippen molar-refractivity contribution < 1.29 is 4.79 Å². The highest BCUT2D eigenvalue weighted by Gasteiger charge is 2.35. The van der Waals surface area contributed by atoms with Gasteiger partial charge >= 0.3 is 0 Å². The number of hydrogen-bond acceptors (Lipinski definition) is 3. The Hall–Kier alpha value is -4.55. The Labute approximate surface area is 223 Å². The van der Waals surface area contributed by atoms with Gasteiger partial charge in [0.2, 0.25) is 0 Å². The van der Waals surface area contributed by atoms with Crippen LogP contribution in [0.3, 0.4) is 0 Å². The summed E-state index contributed by atoms with van der Waals surface area (Å²) in [7, 11) is 0. The van der Waals surface area contributed by atoms with Gasteiger partial charge in [-0.15, -0.1) is 0 Å². The second-order valence-corrected chi connectivity index (χ2v) is 9.44. The fraction of sp³-hybridized carbons (Fsp3) is 0. The Kier molecular flexibility index (Phi) is 6.08. The lowest BCUT2D eigenvalue weighted by molar-refractivity contribution is -0.113. The SMILES string of the molecule is O=C1/C(=C/c2ccc(Br)cc2)N=C(c2ccccc2)N1c1cc(-c2ccccc2)nn1-c1ccccc1. The fourth-order valence-corrected chi connectivity index (χ4v) is 4.53. The highest BCUT2D eigenvalue weighted by Crippen LogP contribution is 2.33. The molecule has 0 N–H and O–H groups in total. The number of aliphatic imine (C=N–C) groups is 1. The molecule has 37 heavy (non-hydrogen) atoms. The molecule has 0 bridgehead atoms. The molecule has 0 radical (unpaired) electrons. The summed E-state index contributed by atoms with van der Waals surface area (Å²) in [6.45, 7) is 0. The molecule has 0 spiro atoms. The maximum absolute atomic E-state index is 14.0. The molecule has 0 unspecified atom stereocenters. The van der Waals surface area contributed by atoms with Gasteiger partial charge in [0.25, 0.3) is 5.91 Å². The molecule has 6 rings (SSSR count). The zero-order valence-corrected chi connectivity index (χ0v) is 21.3. The Bertz CT molecular complexity index is 1620. The maximum atomic E-state index is 14.0. The first-order valence-corrected chi connectivity index (χ1v) is 12.6. The number of amides is 1. The quantitative estimate of drug-likeness (QED) is 0.221. The second-order valence-electron chi connectivity index (χ2n) is 8.52. The molecule has 0 aliphatic carbocycles. The molecule has 2 heterocycles. The average Bonchev–Trinajstić information content (AvgIpc) is 3.53. The van der Waals surface area contributed by atoms with E-state index in [1.807, 2.05) is 127 Å². The van der Waals surface area contributed by atoms with Crippen molar-refractivity contribution >= 4 is 39.6 Å². The average molecular weight is 545 g/mol. The van der Waals surface area contributed by atoms with Crippen LogP contribution in [0.1, 0.15) is 11.1 Å². The van der Waals surface area contributed by atoms with Crippen LogP contribution in [0.5, 0.6) is 0 Å². The molecule has 5 nitrogen and oxygen atoms in total. The minimum atomic E-state index is -0.210. The molecule has 1 aliphatic heterocycles. The van der Waals surface area contributed by atoms with Gasteiger partial charge in [-0.05, 0) is 35.9 Å². The van der Waals surface area contributed by atoms with Gasteiger partial charge in [0, 0.05) is 21.7 Å². The summed E-state index contributed by atoms with van der Waals surface area (Å²) in [6.07, 6.45) is 1.82. The summed E-state index contributed by atoms with van der Waals surface area (Å²) < 4.78 is 2.78. The van der Waals surface area contributed by atoms with E-state index in [0.717, 1.165) is 32.5 Å². The number of rotatable bonds is 5. The highest BCUT2D eigenvalue weighted by molar-refractivity contribution is 9.10. The molecule has 1 amide bonds. The molecule has 178 valence electrons. The smallest absolute Gasteiger partial charge is 0.266 e. The van der Waals surface area contributed by atoms with E-state index < -0.39 is 0 Å². The van der Waals surface area contributed by atoms with Crippen molar-refractivity contribution in [3.05, 3.63) is 143 Å². The van der Waals surface area contributed by atoms with Crippen LogP contribution in [0.4, 0.5) is 5.82 Å². The molecule has 5 aromatic rings. The third-order valence-corrected chi connectivity index (χ3v) is 6.58. The summed E-state index contributed by atoms with van der Waals surface area (Å²) >= 11 is 3.47. The van der Waals surface area contributed by atoms with E-state index in [-0.39, 0.29) is 5.91 Å². The van der Waals surface area contributed by atoms with E-state index in [1.165, 1.54) is 0 Å². The third kappa shape index (κ3) is 4.55. The van der Waals surface area contributed by atoms with E-state index in [9.17, 15) is 4.79 Å². The van der Waals surface area contributed by atoms with Gasteiger partial charge in [0.05, 0.1) is 11.4 Å². The van der Waals surface area contributed by atoms with E-state index in [1.54, 1.807) is 9.58 Å². The summed E-state index contributed by atoms with van der Waals surface area (Å²) in [5.74, 6) is 0.973. The normalized spacial score (nSPS) is 14.3. The number of halogens is 1. The van der Waals surface area contributed by atoms with Crippen LogP contribution in [0.25, 0.3) is 23.0 Å². The van der Waals surface area contributed by atoms with Gasteiger partial charge in [-0.25, -0.2) is 14.6 Å². The summed E-state index contributed by atoms with van der Waals surface area (Å²) in [5.41, 5.74) is 4.69. The van der Waals surface area contributed by atoms with Crippen molar-refractivity contribution in [1.82, 2.24) is 9.78 Å². The van der Waals surface area contributed by atoms with Gasteiger partial charge in [0.15, 0.2) is 0 Å². The Morgan fingerprint density at radius 2 is 1.30 bits per heavy atom. The summed E-state index contributed by atoms with van der Waals surface area (Å²) in [5, 5.41) is 4.92. The van der Waals surface area contributed by atoms with Crippen LogP contribution in [-0.2, 0) is 4.79 Å². The minimum Gasteiger partial charge on any atom is -0.266 e. The lowest BCUT2D eigenvalue weighted by Gasteiger charge is -2.19. The van der Waals surface area contributed by atoms with Crippen LogP contribution in [-0.4, -0.2) is 21.5 Å². The van der Waals surface area contributed by atoms with Crippen LogP contribution in [0.15, 0.2) is 136 Å². The van der Waals surface area contributed by atoms with Crippen LogP contribution in [0.2, 0.25) is 0 Å². The molecule has 1 aliphatic rings. The predicted molar refractivity (Wildman–Crippen MR) is 152 cm³/mol. The van der Waals surface area contributed by atoms with Crippen LogP contribution >= 0.6 is 15.9 Å². The van der Waals surface area contributed by atoms with Gasteiger partial charge in [-0.2, -0.15) is 5.10 Å². The van der Waals surface area contributed by atoms with Crippen LogP contribution in [0, 0.1) is 0 Å². The number of hydrogen-bond donors (Lipinski definition) is 0. The molecule has 0 atom stereocenters. The number of para-hydroxylation sites is 1. The number of aromatic nitrogens is 2. The van der Waals surface area contributed by atoms with E-state index >= 15 is 0 Å². The predicted octanol–water partition coefficient (Wildman–Crippen LogP) is 7.14. The maximum Gasteiger partial charge on any atom is 0.283 e. The van der Waals surface area contributed by atoms with E-state index in [0.29, 0.717) is 17.4 Å². The number of anilines is 1. The van der Waals surface area contributed by atoms with Crippen molar-refractivity contribution in [2.24, 2.45) is 4.99 Å². The molecule has 0 saturated carbocycles. The van der Waals surface area contributed by atoms with E-state index in [4.69, 9.17) is 10.1 Å². The van der Waals surface area contributed by atoms with Gasteiger partial charge < -0.3 is 0 Å². The number of carbonyl (C=O) groups is 1. The molecular formula is C31H21BrN4O. The van der Waals surface area contributed by atoms with Crippen LogP contribution < -0.4 is 4.90 Å². The molecule has 0 saturated heterocycles. The summed E-state index contributed by atoms with van der Waals surface area (Å²) in [4.78, 5) is 20.5. The van der Waals surface area contributed by atoms with Crippen molar-refractivity contribution in [2.45, 2.75) is 0 Å². The minimum absolute atomic E-state index is 0.210. The van der Waals surface area contributed by atoms with Gasteiger partial charge in [-0.1, -0.05) is 107 Å². The summed E-state index contributed by atoms with van der Waals surface area (Å²) in [6, 6.07) is 39.3. The monoisotopic (exact) mass is 544 g/mol. The van der Waals surface area contributed by atoms with Crippen molar-refractivity contribution in [1.29, 1.82) is 0 Å². The standard InChI is InChI=1S/C31H21BrN4O/c32-25-18-16-22(17-19-25)20-28-31(37)35(30(33-28)24-12-6-2-7-13-24)29-21-27(23-10-4-1-5-11-23)34-36(29)26-14-8-3-9-15-26/h1-21H/b28-20-. The van der Waals surface area contributed by atoms with Crippen molar-refractivity contribution in [3.8, 4) is 16.9 Å². The lowest BCUT2D eigenvalue weighted by atomic mass is 10.1. The lowest BCUT2D eigenvalue weighted by Crippen LogP contribution is -2.34. The first-order valence-electron chi connectivity index (χ1n) is 11.8. The molecule has 0 fully saturated rings. The van der Waals surface area contributed by atoms with E-state index in [2.05, 4.69) is 15.9 Å². The number of carbonyl (C=O) groups excluding carboxylic acids is 1. The molecular weight excluding hydrogens is 524 g/mol. The zero-order chi connectivity index (χ0) is 25.2.